The van der Waals surface area contributed by atoms with E-state index in [1.807, 2.05) is 18.9 Å². The van der Waals surface area contributed by atoms with E-state index in [-0.39, 0.29) is 20.2 Å². The Morgan fingerprint density at radius 1 is 1.09 bits per heavy atom. The van der Waals surface area contributed by atoms with Crippen LogP contribution in [0, 0.1) is 5.82 Å². The summed E-state index contributed by atoms with van der Waals surface area (Å²) < 4.78 is 43.6. The van der Waals surface area contributed by atoms with Crippen molar-refractivity contribution in [2.45, 2.75) is 36.1 Å². The third-order valence-corrected chi connectivity index (χ3v) is 8.09. The number of piperazine rings is 1. The van der Waals surface area contributed by atoms with Crippen molar-refractivity contribution >= 4 is 38.0 Å². The molecule has 0 bridgehead atoms. The molecule has 0 amide bonds. The molecule has 176 valence electrons. The predicted molar refractivity (Wildman–Crippen MR) is 130 cm³/mol. The lowest BCUT2D eigenvalue weighted by Gasteiger charge is -2.34. The zero-order chi connectivity index (χ0) is 23.8. The molecule has 0 saturated carbocycles. The SMILES string of the molecule is CCCCn1cc(S(=O)(=O)c2cccc(Cl)c2)c(=O)c2cc(F)c(N3CCN(C)CC3)cc21. The molecule has 9 heteroatoms. The zero-order valence-electron chi connectivity index (χ0n) is 18.7. The van der Waals surface area contributed by atoms with Crippen LogP contribution in [0.1, 0.15) is 19.8 Å². The molecule has 2 heterocycles. The van der Waals surface area contributed by atoms with E-state index < -0.39 is 21.1 Å². The van der Waals surface area contributed by atoms with Gasteiger partial charge in [-0.15, -0.1) is 0 Å². The van der Waals surface area contributed by atoms with E-state index in [0.29, 0.717) is 30.8 Å². The quantitative estimate of drug-likeness (QED) is 0.517. The maximum absolute atomic E-state index is 15.2. The van der Waals surface area contributed by atoms with Gasteiger partial charge in [-0.3, -0.25) is 4.79 Å². The summed E-state index contributed by atoms with van der Waals surface area (Å²) in [5.41, 5.74) is 0.265. The minimum Gasteiger partial charge on any atom is -0.367 e. The molecule has 1 aromatic heterocycles. The molecule has 0 unspecified atom stereocenters. The van der Waals surface area contributed by atoms with Gasteiger partial charge < -0.3 is 14.4 Å². The molecule has 4 rings (SSSR count). The maximum atomic E-state index is 15.2. The summed E-state index contributed by atoms with van der Waals surface area (Å²) >= 11 is 5.99. The standard InChI is InChI=1S/C24H27ClFN3O3S/c1-3-4-8-29-16-23(33(31,32)18-7-5-6-17(25)13-18)24(30)19-14-20(26)22(15-21(19)29)28-11-9-27(2)10-12-28/h5-7,13-16H,3-4,8-12H2,1-2H3. The van der Waals surface area contributed by atoms with Gasteiger partial charge in [0.1, 0.15) is 10.7 Å². The number of rotatable bonds is 6. The van der Waals surface area contributed by atoms with E-state index in [4.69, 9.17) is 11.6 Å². The second-order valence-corrected chi connectivity index (χ2v) is 10.8. The van der Waals surface area contributed by atoms with Crippen LogP contribution in [0.25, 0.3) is 10.9 Å². The number of benzene rings is 2. The number of halogens is 2. The molecule has 0 aliphatic carbocycles. The number of hydrogen-bond acceptors (Lipinski definition) is 5. The Balaban J connectivity index is 1.91. The molecule has 6 nitrogen and oxygen atoms in total. The van der Waals surface area contributed by atoms with Gasteiger partial charge in [0.15, 0.2) is 0 Å². The van der Waals surface area contributed by atoms with Crippen molar-refractivity contribution in [3.63, 3.8) is 0 Å². The summed E-state index contributed by atoms with van der Waals surface area (Å²) in [4.78, 5) is 17.0. The first-order chi connectivity index (χ1) is 15.7. The molecule has 0 N–H and O–H groups in total. The molecule has 33 heavy (non-hydrogen) atoms. The number of pyridine rings is 1. The van der Waals surface area contributed by atoms with Crippen molar-refractivity contribution in [3.05, 3.63) is 63.7 Å². The number of anilines is 1. The van der Waals surface area contributed by atoms with E-state index in [1.165, 1.54) is 30.5 Å². The zero-order valence-corrected chi connectivity index (χ0v) is 20.3. The fourth-order valence-corrected chi connectivity index (χ4v) is 5.80. The molecule has 1 saturated heterocycles. The normalized spacial score (nSPS) is 15.3. The first-order valence-corrected chi connectivity index (χ1v) is 12.9. The minimum atomic E-state index is -4.14. The van der Waals surface area contributed by atoms with Crippen molar-refractivity contribution < 1.29 is 12.8 Å². The summed E-state index contributed by atoms with van der Waals surface area (Å²) in [5.74, 6) is -0.525. The Hall–Kier alpha value is -2.42. The third-order valence-electron chi connectivity index (χ3n) is 6.11. The molecule has 1 aliphatic heterocycles. The molecular formula is C24H27ClFN3O3S. The largest absolute Gasteiger partial charge is 0.367 e. The maximum Gasteiger partial charge on any atom is 0.211 e. The number of fused-ring (bicyclic) bond motifs is 1. The van der Waals surface area contributed by atoms with Crippen LogP contribution >= 0.6 is 11.6 Å². The number of aromatic nitrogens is 1. The third kappa shape index (κ3) is 4.65. The molecule has 2 aromatic carbocycles. The highest BCUT2D eigenvalue weighted by Crippen LogP contribution is 2.29. The van der Waals surface area contributed by atoms with Crippen molar-refractivity contribution in [1.82, 2.24) is 9.47 Å². The van der Waals surface area contributed by atoms with Crippen LogP contribution in [-0.2, 0) is 16.4 Å². The van der Waals surface area contributed by atoms with Crippen LogP contribution in [0.4, 0.5) is 10.1 Å². The molecule has 1 fully saturated rings. The minimum absolute atomic E-state index is 0.0598. The Labute approximate surface area is 198 Å². The fraction of sp³-hybridized carbons (Fsp3) is 0.375. The van der Waals surface area contributed by atoms with E-state index in [1.54, 1.807) is 16.7 Å². The average molecular weight is 492 g/mol. The summed E-state index contributed by atoms with van der Waals surface area (Å²) in [6, 6.07) is 8.67. The second kappa shape index (κ2) is 9.44. The summed E-state index contributed by atoms with van der Waals surface area (Å²) in [6.07, 6.45) is 3.06. The van der Waals surface area contributed by atoms with Crippen LogP contribution in [0.15, 0.2) is 57.2 Å². The first-order valence-electron chi connectivity index (χ1n) is 11.0. The summed E-state index contributed by atoms with van der Waals surface area (Å²) in [6.45, 7) is 5.54. The molecule has 0 atom stereocenters. The van der Waals surface area contributed by atoms with Crippen LogP contribution < -0.4 is 10.3 Å². The molecule has 0 spiro atoms. The van der Waals surface area contributed by atoms with Crippen molar-refractivity contribution in [3.8, 4) is 0 Å². The number of likely N-dealkylation sites (N-methyl/N-ethyl adjacent to an activating group) is 1. The van der Waals surface area contributed by atoms with E-state index >= 15 is 4.39 Å². The Morgan fingerprint density at radius 3 is 2.48 bits per heavy atom. The van der Waals surface area contributed by atoms with E-state index in [0.717, 1.165) is 25.9 Å². The average Bonchev–Trinajstić information content (AvgIpc) is 2.79. The highest BCUT2D eigenvalue weighted by Gasteiger charge is 2.26. The second-order valence-electron chi connectivity index (χ2n) is 8.44. The molecule has 0 radical (unpaired) electrons. The van der Waals surface area contributed by atoms with Crippen LogP contribution in [0.3, 0.4) is 0 Å². The van der Waals surface area contributed by atoms with Gasteiger partial charge in [0.25, 0.3) is 0 Å². The van der Waals surface area contributed by atoms with Gasteiger partial charge in [0.05, 0.1) is 21.5 Å². The lowest BCUT2D eigenvalue weighted by molar-refractivity contribution is 0.312. The van der Waals surface area contributed by atoms with Gasteiger partial charge in [0, 0.05) is 43.9 Å². The van der Waals surface area contributed by atoms with Gasteiger partial charge in [-0.2, -0.15) is 0 Å². The monoisotopic (exact) mass is 491 g/mol. The Kier molecular flexibility index (Phi) is 6.79. The number of hydrogen-bond donors (Lipinski definition) is 0. The predicted octanol–water partition coefficient (Wildman–Crippen LogP) is 4.18. The number of sulfone groups is 1. The summed E-state index contributed by atoms with van der Waals surface area (Å²) in [5, 5.41) is 0.315. The van der Waals surface area contributed by atoms with Crippen molar-refractivity contribution in [1.29, 1.82) is 0 Å². The van der Waals surface area contributed by atoms with Crippen molar-refractivity contribution in [2.24, 2.45) is 0 Å². The van der Waals surface area contributed by atoms with Gasteiger partial charge in [0.2, 0.25) is 15.3 Å². The first kappa shape index (κ1) is 23.7. The highest BCUT2D eigenvalue weighted by molar-refractivity contribution is 7.91. The lowest BCUT2D eigenvalue weighted by Crippen LogP contribution is -2.44. The van der Waals surface area contributed by atoms with Crippen molar-refractivity contribution in [2.75, 3.05) is 38.1 Å². The van der Waals surface area contributed by atoms with Gasteiger partial charge >= 0.3 is 0 Å². The molecular weight excluding hydrogens is 465 g/mol. The van der Waals surface area contributed by atoms with E-state index in [2.05, 4.69) is 4.90 Å². The van der Waals surface area contributed by atoms with Gasteiger partial charge in [-0.05, 0) is 43.8 Å². The highest BCUT2D eigenvalue weighted by atomic mass is 35.5. The van der Waals surface area contributed by atoms with E-state index in [9.17, 15) is 13.2 Å². The van der Waals surface area contributed by atoms with Crippen LogP contribution in [0.5, 0.6) is 0 Å². The smallest absolute Gasteiger partial charge is 0.211 e. The molecule has 3 aromatic rings. The Bertz CT molecular complexity index is 1350. The van der Waals surface area contributed by atoms with Gasteiger partial charge in [-0.25, -0.2) is 12.8 Å². The number of nitrogens with zero attached hydrogens (tertiary/aromatic N) is 3. The fourth-order valence-electron chi connectivity index (χ4n) is 4.13. The lowest BCUT2D eigenvalue weighted by atomic mass is 10.1. The molecule has 1 aliphatic rings. The summed E-state index contributed by atoms with van der Waals surface area (Å²) in [7, 11) is -2.11. The van der Waals surface area contributed by atoms with Crippen LogP contribution in [0.2, 0.25) is 5.02 Å². The van der Waals surface area contributed by atoms with Gasteiger partial charge in [-0.1, -0.05) is 31.0 Å². The number of aryl methyl sites for hydroxylation is 1. The van der Waals surface area contributed by atoms with Crippen LogP contribution in [-0.4, -0.2) is 51.1 Å². The number of unbranched alkanes of at least 4 members (excludes halogenated alkanes) is 1. The topological polar surface area (TPSA) is 62.6 Å². The Morgan fingerprint density at radius 2 is 1.82 bits per heavy atom.